The number of ether oxygens (including phenoxy) is 2. The Balaban J connectivity index is 1.69. The fraction of sp³-hybridized carbons (Fsp3) is 0.565. The van der Waals surface area contributed by atoms with Crippen LogP contribution in [0.4, 0.5) is 5.88 Å². The van der Waals surface area contributed by atoms with E-state index in [1.165, 1.54) is 0 Å². The summed E-state index contributed by atoms with van der Waals surface area (Å²) in [6, 6.07) is 12.0. The summed E-state index contributed by atoms with van der Waals surface area (Å²) in [4.78, 5) is 4.10. The lowest BCUT2D eigenvalue weighted by atomic mass is 10.1. The monoisotopic (exact) mass is 418 g/mol. The second-order valence-electron chi connectivity index (χ2n) is 7.97. The Labute approximate surface area is 178 Å². The van der Waals surface area contributed by atoms with Crippen molar-refractivity contribution in [3.8, 4) is 5.75 Å². The number of hydrogen-bond donors (Lipinski definition) is 2. The van der Waals surface area contributed by atoms with Gasteiger partial charge in [0, 0.05) is 39.9 Å². The number of benzene rings is 1. The minimum absolute atomic E-state index is 0.143. The number of fused-ring (bicyclic) bond motifs is 1. The van der Waals surface area contributed by atoms with E-state index in [9.17, 15) is 10.2 Å². The van der Waals surface area contributed by atoms with Crippen molar-refractivity contribution in [1.82, 2.24) is 4.90 Å². The van der Waals surface area contributed by atoms with E-state index in [4.69, 9.17) is 13.9 Å². The summed E-state index contributed by atoms with van der Waals surface area (Å²) in [7, 11) is 3.89. The van der Waals surface area contributed by atoms with Gasteiger partial charge in [0.15, 0.2) is 5.88 Å². The van der Waals surface area contributed by atoms with Gasteiger partial charge in [0.2, 0.25) is 0 Å². The van der Waals surface area contributed by atoms with Gasteiger partial charge in [0.05, 0.1) is 19.3 Å². The Morgan fingerprint density at radius 3 is 2.67 bits per heavy atom. The third-order valence-corrected chi connectivity index (χ3v) is 5.31. The van der Waals surface area contributed by atoms with Crippen LogP contribution >= 0.6 is 0 Å². The van der Waals surface area contributed by atoms with Crippen LogP contribution in [-0.2, 0) is 17.7 Å². The third-order valence-electron chi connectivity index (χ3n) is 5.31. The zero-order chi connectivity index (χ0) is 21.3. The normalized spacial score (nSPS) is 22.4. The first-order valence-corrected chi connectivity index (χ1v) is 10.7. The highest BCUT2D eigenvalue weighted by Crippen LogP contribution is 2.21. The number of anilines is 1. The van der Waals surface area contributed by atoms with E-state index in [0.29, 0.717) is 39.3 Å². The van der Waals surface area contributed by atoms with Gasteiger partial charge in [0.25, 0.3) is 0 Å². The fourth-order valence-electron chi connectivity index (χ4n) is 3.51. The van der Waals surface area contributed by atoms with Crippen LogP contribution in [0.1, 0.15) is 24.2 Å². The van der Waals surface area contributed by atoms with Crippen LogP contribution in [0.5, 0.6) is 5.75 Å². The summed E-state index contributed by atoms with van der Waals surface area (Å²) in [5, 5.41) is 20.5. The van der Waals surface area contributed by atoms with Crippen molar-refractivity contribution in [2.75, 3.05) is 51.9 Å². The van der Waals surface area contributed by atoms with Gasteiger partial charge in [-0.25, -0.2) is 0 Å². The van der Waals surface area contributed by atoms with Gasteiger partial charge >= 0.3 is 0 Å². The first-order valence-electron chi connectivity index (χ1n) is 10.7. The third kappa shape index (κ3) is 6.74. The Kier molecular flexibility index (Phi) is 8.57. The quantitative estimate of drug-likeness (QED) is 0.792. The average Bonchev–Trinajstić information content (AvgIpc) is 3.20. The summed E-state index contributed by atoms with van der Waals surface area (Å²) < 4.78 is 17.6. The van der Waals surface area contributed by atoms with Crippen LogP contribution < -0.4 is 9.64 Å². The highest BCUT2D eigenvalue weighted by molar-refractivity contribution is 5.34. The molecule has 7 nitrogen and oxygen atoms in total. The van der Waals surface area contributed by atoms with E-state index in [1.54, 1.807) is 0 Å². The minimum Gasteiger partial charge on any atom is -0.492 e. The number of hydrogen-bond acceptors (Lipinski definition) is 7. The Hall–Kier alpha value is -2.06. The number of aliphatic hydroxyl groups excluding tert-OH is 2. The summed E-state index contributed by atoms with van der Waals surface area (Å²) in [5.41, 5.74) is 1.16. The zero-order valence-electron chi connectivity index (χ0n) is 18.0. The topological polar surface area (TPSA) is 78.5 Å². The number of aliphatic hydroxyl groups is 2. The summed E-state index contributed by atoms with van der Waals surface area (Å²) in [6.07, 6.45) is 0.414. The molecule has 0 unspecified atom stereocenters. The number of nitrogens with zero attached hydrogens (tertiary/aromatic N) is 2. The van der Waals surface area contributed by atoms with Crippen LogP contribution in [-0.4, -0.2) is 74.3 Å². The molecule has 0 saturated heterocycles. The maximum Gasteiger partial charge on any atom is 0.195 e. The molecule has 0 spiro atoms. The van der Waals surface area contributed by atoms with E-state index in [-0.39, 0.29) is 6.61 Å². The van der Waals surface area contributed by atoms with Gasteiger partial charge in [-0.3, -0.25) is 4.90 Å². The standard InChI is InChI=1S/C23H34N2O5/c1-24(2)23-10-9-19(30-23)16-25-12-11-20(26)21(27)17-28-14-5-7-18-6-3-4-8-22(18)29-15-13-25/h3-4,6,8-10,20-21,26-27H,5,7,11-17H2,1-2H3/t20-,21+/m0/s1. The molecule has 0 fully saturated rings. The van der Waals surface area contributed by atoms with E-state index < -0.39 is 12.2 Å². The van der Waals surface area contributed by atoms with Crippen LogP contribution in [0.3, 0.4) is 0 Å². The maximum absolute atomic E-state index is 10.3. The molecule has 0 amide bonds. The molecule has 3 rings (SSSR count). The van der Waals surface area contributed by atoms with Gasteiger partial charge in [-0.15, -0.1) is 0 Å². The van der Waals surface area contributed by atoms with E-state index in [1.807, 2.05) is 49.3 Å². The van der Waals surface area contributed by atoms with Crippen molar-refractivity contribution >= 4 is 5.88 Å². The van der Waals surface area contributed by atoms with Crippen molar-refractivity contribution in [2.24, 2.45) is 0 Å². The van der Waals surface area contributed by atoms with Crippen LogP contribution in [0.2, 0.25) is 0 Å². The molecule has 2 N–H and O–H groups in total. The first kappa shape index (κ1) is 22.6. The van der Waals surface area contributed by atoms with Crippen LogP contribution in [0.15, 0.2) is 40.8 Å². The molecule has 0 aliphatic carbocycles. The lowest BCUT2D eigenvalue weighted by Gasteiger charge is -2.24. The lowest BCUT2D eigenvalue weighted by Crippen LogP contribution is -2.36. The predicted molar refractivity (Wildman–Crippen MR) is 116 cm³/mol. The molecule has 7 heteroatoms. The Morgan fingerprint density at radius 2 is 1.87 bits per heavy atom. The lowest BCUT2D eigenvalue weighted by molar-refractivity contribution is -0.0439. The molecular weight excluding hydrogens is 384 g/mol. The van der Waals surface area contributed by atoms with Gasteiger partial charge in [-0.05, 0) is 37.0 Å². The van der Waals surface area contributed by atoms with Crippen molar-refractivity contribution < 1.29 is 24.1 Å². The molecule has 0 saturated carbocycles. The van der Waals surface area contributed by atoms with Crippen molar-refractivity contribution in [3.05, 3.63) is 47.7 Å². The number of furan rings is 1. The largest absolute Gasteiger partial charge is 0.492 e. The Morgan fingerprint density at radius 1 is 1.03 bits per heavy atom. The van der Waals surface area contributed by atoms with E-state index in [0.717, 1.165) is 35.8 Å². The predicted octanol–water partition coefficient (Wildman–Crippen LogP) is 2.30. The summed E-state index contributed by atoms with van der Waals surface area (Å²) in [6.45, 7) is 3.12. The molecular formula is C23H34N2O5. The molecule has 1 aliphatic heterocycles. The molecule has 2 atom stereocenters. The molecule has 30 heavy (non-hydrogen) atoms. The summed E-state index contributed by atoms with van der Waals surface area (Å²) in [5.74, 6) is 2.57. The van der Waals surface area contributed by atoms with Gasteiger partial charge in [0.1, 0.15) is 24.2 Å². The molecule has 2 heterocycles. The zero-order valence-corrected chi connectivity index (χ0v) is 18.0. The molecule has 166 valence electrons. The second kappa shape index (κ2) is 11.4. The molecule has 0 radical (unpaired) electrons. The van der Waals surface area contributed by atoms with Gasteiger partial charge < -0.3 is 29.0 Å². The highest BCUT2D eigenvalue weighted by Gasteiger charge is 2.19. The average molecular weight is 419 g/mol. The highest BCUT2D eigenvalue weighted by atomic mass is 16.5. The van der Waals surface area contributed by atoms with Gasteiger partial charge in [-0.1, -0.05) is 18.2 Å². The SMILES string of the molecule is CN(C)c1ccc(CN2CCOc3ccccc3CCCOC[C@@H](O)[C@@H](O)CC2)o1. The van der Waals surface area contributed by atoms with E-state index >= 15 is 0 Å². The number of rotatable bonds is 3. The minimum atomic E-state index is -0.885. The van der Waals surface area contributed by atoms with Crippen molar-refractivity contribution in [1.29, 1.82) is 0 Å². The molecule has 1 aromatic carbocycles. The van der Waals surface area contributed by atoms with Crippen molar-refractivity contribution in [2.45, 2.75) is 38.0 Å². The van der Waals surface area contributed by atoms with Crippen molar-refractivity contribution in [3.63, 3.8) is 0 Å². The maximum atomic E-state index is 10.3. The fourth-order valence-corrected chi connectivity index (χ4v) is 3.51. The first-order chi connectivity index (χ1) is 14.5. The van der Waals surface area contributed by atoms with E-state index in [2.05, 4.69) is 11.0 Å². The molecule has 2 aromatic rings. The molecule has 1 aromatic heterocycles. The number of aryl methyl sites for hydroxylation is 1. The number of para-hydroxylation sites is 1. The molecule has 0 bridgehead atoms. The van der Waals surface area contributed by atoms with Gasteiger partial charge in [-0.2, -0.15) is 0 Å². The second-order valence-corrected chi connectivity index (χ2v) is 7.97. The Bertz CT molecular complexity index is 764. The molecule has 1 aliphatic rings. The smallest absolute Gasteiger partial charge is 0.195 e. The summed E-state index contributed by atoms with van der Waals surface area (Å²) >= 11 is 0. The van der Waals surface area contributed by atoms with Crippen LogP contribution in [0, 0.1) is 0 Å². The van der Waals surface area contributed by atoms with Crippen LogP contribution in [0.25, 0.3) is 0 Å².